The minimum atomic E-state index is -0.0756. The Kier molecular flexibility index (Phi) is 11.4. The van der Waals surface area contributed by atoms with Gasteiger partial charge < -0.3 is 25.4 Å². The van der Waals surface area contributed by atoms with E-state index in [1.807, 2.05) is 49.4 Å². The van der Waals surface area contributed by atoms with Crippen molar-refractivity contribution in [2.45, 2.75) is 13.3 Å². The Hall–Kier alpha value is -2.01. The summed E-state index contributed by atoms with van der Waals surface area (Å²) in [6.07, 6.45) is 0.309. The molecule has 3 N–H and O–H groups in total. The lowest BCUT2D eigenvalue weighted by Crippen LogP contribution is -2.33. The van der Waals surface area contributed by atoms with Crippen LogP contribution in [0.1, 0.15) is 13.3 Å². The van der Waals surface area contributed by atoms with Gasteiger partial charge in [-0.1, -0.05) is 15.9 Å². The quantitative estimate of drug-likeness (QED) is 0.245. The molecule has 0 aliphatic carbocycles. The van der Waals surface area contributed by atoms with Gasteiger partial charge in [-0.3, -0.25) is 9.79 Å². The molecule has 0 spiro atoms. The van der Waals surface area contributed by atoms with Crippen molar-refractivity contribution in [3.63, 3.8) is 0 Å². The third-order valence-corrected chi connectivity index (χ3v) is 4.25. The number of nitrogens with zero attached hydrogens (tertiary/aromatic N) is 1. The number of carbonyl (C=O) groups excluding carboxylic acids is 1. The lowest BCUT2D eigenvalue weighted by Gasteiger charge is -2.14. The van der Waals surface area contributed by atoms with E-state index in [1.54, 1.807) is 14.2 Å². The maximum Gasteiger partial charge on any atom is 0.226 e. The first kappa shape index (κ1) is 25.0. The van der Waals surface area contributed by atoms with Crippen molar-refractivity contribution in [1.82, 2.24) is 5.32 Å². The first-order chi connectivity index (χ1) is 13.5. The number of carbonyl (C=O) groups is 1. The summed E-state index contributed by atoms with van der Waals surface area (Å²) >= 11 is 3.37. The molecule has 29 heavy (non-hydrogen) atoms. The fourth-order valence-corrected chi connectivity index (χ4v) is 2.65. The van der Waals surface area contributed by atoms with Crippen LogP contribution in [0.4, 0.5) is 11.4 Å². The summed E-state index contributed by atoms with van der Waals surface area (Å²) in [5.41, 5.74) is 1.56. The molecule has 0 unspecified atom stereocenters. The number of hydrogen-bond acceptors (Lipinski definition) is 4. The van der Waals surface area contributed by atoms with E-state index in [0.717, 1.165) is 15.8 Å². The molecular formula is C20H26BrIN4O3. The van der Waals surface area contributed by atoms with E-state index in [-0.39, 0.29) is 29.9 Å². The average Bonchev–Trinajstić information content (AvgIpc) is 2.69. The second-order valence-electron chi connectivity index (χ2n) is 5.73. The predicted molar refractivity (Wildman–Crippen MR) is 132 cm³/mol. The van der Waals surface area contributed by atoms with E-state index in [1.165, 1.54) is 0 Å². The summed E-state index contributed by atoms with van der Waals surface area (Å²) in [6.45, 7) is 2.90. The highest BCUT2D eigenvalue weighted by Gasteiger charge is 2.08. The van der Waals surface area contributed by atoms with Crippen LogP contribution in [0.25, 0.3) is 0 Å². The number of guanidine groups is 1. The summed E-state index contributed by atoms with van der Waals surface area (Å²) in [5, 5.41) is 9.15. The largest absolute Gasteiger partial charge is 0.493 e. The van der Waals surface area contributed by atoms with Gasteiger partial charge in [-0.05, 0) is 43.3 Å². The Morgan fingerprint density at radius 2 is 1.76 bits per heavy atom. The SMILES string of the molecule is CCOc1cc(NC(=NC)NCCC(=O)Nc2ccc(Br)cc2)ccc1OC.I. The Bertz CT molecular complexity index is 816. The van der Waals surface area contributed by atoms with Gasteiger partial charge in [0, 0.05) is 41.9 Å². The highest BCUT2D eigenvalue weighted by molar-refractivity contribution is 14.0. The predicted octanol–water partition coefficient (Wildman–Crippen LogP) is 4.49. The molecule has 0 atom stereocenters. The highest BCUT2D eigenvalue weighted by Crippen LogP contribution is 2.30. The standard InChI is InChI=1S/C20H25BrN4O3.HI/c1-4-28-18-13-16(9-10-17(18)27-3)25-20(22-2)23-12-11-19(26)24-15-7-5-14(21)6-8-15;/h5-10,13H,4,11-12H2,1-3H3,(H,24,26)(H2,22,23,25);1H. The van der Waals surface area contributed by atoms with Crippen LogP contribution in [0.2, 0.25) is 0 Å². The van der Waals surface area contributed by atoms with Crippen LogP contribution < -0.4 is 25.4 Å². The summed E-state index contributed by atoms with van der Waals surface area (Å²) < 4.78 is 11.8. The van der Waals surface area contributed by atoms with Gasteiger partial charge in [-0.15, -0.1) is 24.0 Å². The molecule has 0 radical (unpaired) electrons. The molecule has 1 amide bonds. The van der Waals surface area contributed by atoms with Crippen LogP contribution in [-0.4, -0.2) is 39.2 Å². The molecule has 2 aromatic carbocycles. The number of hydrogen-bond donors (Lipinski definition) is 3. The molecule has 158 valence electrons. The summed E-state index contributed by atoms with van der Waals surface area (Å²) in [5.74, 6) is 1.80. The van der Waals surface area contributed by atoms with Gasteiger partial charge in [0.2, 0.25) is 5.91 Å². The third kappa shape index (κ3) is 8.48. The normalized spacial score (nSPS) is 10.6. The number of benzene rings is 2. The maximum atomic E-state index is 12.1. The van der Waals surface area contributed by atoms with E-state index in [9.17, 15) is 4.79 Å². The molecule has 7 nitrogen and oxygen atoms in total. The average molecular weight is 577 g/mol. The fourth-order valence-electron chi connectivity index (χ4n) is 2.39. The maximum absolute atomic E-state index is 12.1. The topological polar surface area (TPSA) is 84.0 Å². The zero-order chi connectivity index (χ0) is 20.4. The van der Waals surface area contributed by atoms with E-state index in [2.05, 4.69) is 36.9 Å². The number of anilines is 2. The van der Waals surface area contributed by atoms with Crippen LogP contribution in [0.15, 0.2) is 51.9 Å². The van der Waals surface area contributed by atoms with Crippen LogP contribution in [0.5, 0.6) is 11.5 Å². The van der Waals surface area contributed by atoms with E-state index in [0.29, 0.717) is 37.0 Å². The van der Waals surface area contributed by atoms with Gasteiger partial charge in [-0.25, -0.2) is 0 Å². The van der Waals surface area contributed by atoms with Gasteiger partial charge >= 0.3 is 0 Å². The number of amides is 1. The van der Waals surface area contributed by atoms with Crippen molar-refractivity contribution in [3.05, 3.63) is 46.9 Å². The number of nitrogens with one attached hydrogen (secondary N) is 3. The van der Waals surface area contributed by atoms with Crippen LogP contribution in [0.3, 0.4) is 0 Å². The van der Waals surface area contributed by atoms with Gasteiger partial charge in [-0.2, -0.15) is 0 Å². The lowest BCUT2D eigenvalue weighted by atomic mass is 10.2. The van der Waals surface area contributed by atoms with Crippen molar-refractivity contribution in [3.8, 4) is 11.5 Å². The molecule has 0 fully saturated rings. The number of aliphatic imine (C=N–C) groups is 1. The molecular weight excluding hydrogens is 551 g/mol. The molecule has 0 saturated heterocycles. The van der Waals surface area contributed by atoms with E-state index in [4.69, 9.17) is 9.47 Å². The minimum Gasteiger partial charge on any atom is -0.493 e. The molecule has 2 rings (SSSR count). The van der Waals surface area contributed by atoms with Gasteiger partial charge in [0.25, 0.3) is 0 Å². The first-order valence-electron chi connectivity index (χ1n) is 8.89. The molecule has 0 bridgehead atoms. The minimum absolute atomic E-state index is 0. The summed E-state index contributed by atoms with van der Waals surface area (Å²) in [7, 11) is 3.27. The van der Waals surface area contributed by atoms with Gasteiger partial charge in [0.1, 0.15) is 0 Å². The zero-order valence-corrected chi connectivity index (χ0v) is 20.5. The van der Waals surface area contributed by atoms with Crippen LogP contribution >= 0.6 is 39.9 Å². The summed E-state index contributed by atoms with van der Waals surface area (Å²) in [6, 6.07) is 13.0. The van der Waals surface area contributed by atoms with Crippen molar-refractivity contribution in [2.24, 2.45) is 4.99 Å². The van der Waals surface area contributed by atoms with Crippen molar-refractivity contribution < 1.29 is 14.3 Å². The second kappa shape index (κ2) is 13.3. The molecule has 0 heterocycles. The molecule has 0 aromatic heterocycles. The Morgan fingerprint density at radius 1 is 1.07 bits per heavy atom. The highest BCUT2D eigenvalue weighted by atomic mass is 127. The lowest BCUT2D eigenvalue weighted by molar-refractivity contribution is -0.116. The number of ether oxygens (including phenoxy) is 2. The Balaban J connectivity index is 0.00000420. The van der Waals surface area contributed by atoms with E-state index < -0.39 is 0 Å². The molecule has 0 aliphatic rings. The molecule has 9 heteroatoms. The second-order valence-corrected chi connectivity index (χ2v) is 6.64. The third-order valence-electron chi connectivity index (χ3n) is 3.72. The van der Waals surface area contributed by atoms with E-state index >= 15 is 0 Å². The molecule has 0 aliphatic heterocycles. The molecule has 2 aromatic rings. The van der Waals surface area contributed by atoms with Crippen LogP contribution in [0, 0.1) is 0 Å². The van der Waals surface area contributed by atoms with Crippen molar-refractivity contribution >= 4 is 63.1 Å². The van der Waals surface area contributed by atoms with Gasteiger partial charge in [0.15, 0.2) is 17.5 Å². The zero-order valence-electron chi connectivity index (χ0n) is 16.6. The summed E-state index contributed by atoms with van der Waals surface area (Å²) in [4.78, 5) is 16.2. The molecule has 0 saturated carbocycles. The fraction of sp³-hybridized carbons (Fsp3) is 0.300. The Labute approximate surface area is 196 Å². The first-order valence-corrected chi connectivity index (χ1v) is 9.69. The number of rotatable bonds is 8. The Morgan fingerprint density at radius 3 is 2.38 bits per heavy atom. The van der Waals surface area contributed by atoms with Crippen molar-refractivity contribution in [1.29, 1.82) is 0 Å². The van der Waals surface area contributed by atoms with Crippen LogP contribution in [-0.2, 0) is 4.79 Å². The number of methoxy groups -OCH3 is 1. The monoisotopic (exact) mass is 576 g/mol. The smallest absolute Gasteiger partial charge is 0.226 e. The van der Waals surface area contributed by atoms with Gasteiger partial charge in [0.05, 0.1) is 13.7 Å². The number of halogens is 2. The van der Waals surface area contributed by atoms with Crippen molar-refractivity contribution in [2.75, 3.05) is 37.9 Å².